The minimum atomic E-state index is -4.54. The van der Waals surface area contributed by atoms with Crippen LogP contribution >= 0.6 is 0 Å². The zero-order valence-corrected chi connectivity index (χ0v) is 13.7. The molecule has 0 aromatic heterocycles. The van der Waals surface area contributed by atoms with Crippen molar-refractivity contribution in [3.05, 3.63) is 24.3 Å². The summed E-state index contributed by atoms with van der Waals surface area (Å²) >= 11 is 0. The monoisotopic (exact) mass is 345 g/mol. The largest absolute Gasteiger partial charge is 0.493 e. The summed E-state index contributed by atoms with van der Waals surface area (Å²) in [5, 5.41) is 0. The third kappa shape index (κ3) is 5.38. The smallest absolute Gasteiger partial charge is 0.302 e. The molecule has 1 fully saturated rings. The van der Waals surface area contributed by atoms with E-state index >= 15 is 0 Å². The lowest BCUT2D eigenvalue weighted by molar-refractivity contribution is -0.127. The molecule has 1 amide bonds. The van der Waals surface area contributed by atoms with E-state index in [1.807, 2.05) is 12.1 Å². The molecule has 1 heterocycles. The first-order chi connectivity index (χ1) is 10.9. The Balaban J connectivity index is 1.75. The van der Waals surface area contributed by atoms with E-state index in [1.54, 1.807) is 24.1 Å². The molecule has 0 bridgehead atoms. The van der Waals surface area contributed by atoms with Crippen LogP contribution in [-0.4, -0.2) is 51.8 Å². The summed E-state index contributed by atoms with van der Waals surface area (Å²) in [6.45, 7) is 1.13. The normalized spacial score (nSPS) is 18.3. The molecule has 0 aliphatic carbocycles. The van der Waals surface area contributed by atoms with Gasteiger partial charge in [-0.1, -0.05) is 12.1 Å². The van der Waals surface area contributed by atoms with Gasteiger partial charge >= 0.3 is 10.2 Å². The van der Waals surface area contributed by atoms with Crippen LogP contribution in [0.3, 0.4) is 0 Å². The lowest BCUT2D eigenvalue weighted by atomic mass is 10.1. The van der Waals surface area contributed by atoms with Crippen LogP contribution in [0, 0.1) is 5.92 Å². The predicted octanol–water partition coefficient (Wildman–Crippen LogP) is 1.61. The molecule has 0 radical (unpaired) electrons. The fourth-order valence-electron chi connectivity index (χ4n) is 2.64. The van der Waals surface area contributed by atoms with E-state index in [-0.39, 0.29) is 18.9 Å². The molecule has 6 nitrogen and oxygen atoms in total. The number of para-hydroxylation sites is 2. The van der Waals surface area contributed by atoms with Crippen LogP contribution in [0.5, 0.6) is 11.5 Å². The van der Waals surface area contributed by atoms with Gasteiger partial charge in [0, 0.05) is 25.4 Å². The highest BCUT2D eigenvalue weighted by atomic mass is 32.3. The molecule has 8 heteroatoms. The van der Waals surface area contributed by atoms with Crippen molar-refractivity contribution in [1.29, 1.82) is 0 Å². The number of carbonyl (C=O) groups excluding carboxylic acids is 1. The van der Waals surface area contributed by atoms with E-state index in [4.69, 9.17) is 9.47 Å². The molecule has 1 atom stereocenters. The first kappa shape index (κ1) is 17.5. The van der Waals surface area contributed by atoms with Gasteiger partial charge in [-0.2, -0.15) is 8.42 Å². The van der Waals surface area contributed by atoms with E-state index in [2.05, 4.69) is 0 Å². The second-order valence-corrected chi connectivity index (χ2v) is 6.88. The van der Waals surface area contributed by atoms with Crippen molar-refractivity contribution in [2.24, 2.45) is 5.92 Å². The van der Waals surface area contributed by atoms with Gasteiger partial charge in [-0.05, 0) is 18.6 Å². The van der Waals surface area contributed by atoms with Crippen LogP contribution < -0.4 is 9.47 Å². The van der Waals surface area contributed by atoms with E-state index in [0.717, 1.165) is 0 Å². The third-order valence-electron chi connectivity index (χ3n) is 3.63. The highest BCUT2D eigenvalue weighted by Crippen LogP contribution is 2.26. The zero-order chi connectivity index (χ0) is 16.9. The fourth-order valence-corrected chi connectivity index (χ4v) is 3.43. The third-order valence-corrected chi connectivity index (χ3v) is 4.50. The van der Waals surface area contributed by atoms with Gasteiger partial charge in [-0.15, -0.1) is 3.89 Å². The lowest BCUT2D eigenvalue weighted by Crippen LogP contribution is -2.28. The van der Waals surface area contributed by atoms with Crippen molar-refractivity contribution < 1.29 is 26.6 Å². The number of benzene rings is 1. The number of amides is 1. The Morgan fingerprint density at radius 3 is 2.65 bits per heavy atom. The maximum absolute atomic E-state index is 12.7. The van der Waals surface area contributed by atoms with E-state index in [0.29, 0.717) is 31.1 Å². The Labute approximate surface area is 135 Å². The predicted molar refractivity (Wildman–Crippen MR) is 82.7 cm³/mol. The van der Waals surface area contributed by atoms with Gasteiger partial charge in [0.05, 0.1) is 19.5 Å². The number of ether oxygens (including phenoxy) is 2. The molecular formula is C15H20FNO5S. The molecule has 1 aliphatic rings. The first-order valence-electron chi connectivity index (χ1n) is 7.35. The Bertz CT molecular complexity index is 649. The van der Waals surface area contributed by atoms with Gasteiger partial charge in [-0.25, -0.2) is 0 Å². The average molecular weight is 345 g/mol. The van der Waals surface area contributed by atoms with E-state index in [9.17, 15) is 17.1 Å². The maximum Gasteiger partial charge on any atom is 0.302 e. The summed E-state index contributed by atoms with van der Waals surface area (Å²) in [6, 6.07) is 7.26. The standard InChI is InChI=1S/C15H20FNO5S/c1-21-13-5-2-3-6-14(13)22-8-4-7-17-10-12(9-15(17)18)11-23(16,19)20/h2-3,5-6,12H,4,7-11H2,1H3. The highest BCUT2D eigenvalue weighted by molar-refractivity contribution is 7.86. The summed E-state index contributed by atoms with van der Waals surface area (Å²) in [4.78, 5) is 13.3. The van der Waals surface area contributed by atoms with Gasteiger partial charge in [0.2, 0.25) is 5.91 Å². The van der Waals surface area contributed by atoms with Gasteiger partial charge in [0.1, 0.15) is 0 Å². The number of hydrogen-bond acceptors (Lipinski definition) is 5. The van der Waals surface area contributed by atoms with Gasteiger partial charge in [0.25, 0.3) is 0 Å². The number of hydrogen-bond donors (Lipinski definition) is 0. The summed E-state index contributed by atoms with van der Waals surface area (Å²) in [6.07, 6.45) is 0.676. The van der Waals surface area contributed by atoms with Crippen molar-refractivity contribution in [2.75, 3.05) is 32.6 Å². The van der Waals surface area contributed by atoms with Crippen LogP contribution in [0.15, 0.2) is 24.3 Å². The zero-order valence-electron chi connectivity index (χ0n) is 12.9. The molecular weight excluding hydrogens is 325 g/mol. The molecule has 0 spiro atoms. The Morgan fingerprint density at radius 2 is 2.00 bits per heavy atom. The topological polar surface area (TPSA) is 72.9 Å². The number of rotatable bonds is 8. The quantitative estimate of drug-likeness (QED) is 0.529. The number of carbonyl (C=O) groups is 1. The van der Waals surface area contributed by atoms with Gasteiger partial charge in [-0.3, -0.25) is 4.79 Å². The molecule has 1 aromatic carbocycles. The number of likely N-dealkylation sites (tertiary alicyclic amines) is 1. The van der Waals surface area contributed by atoms with Crippen molar-refractivity contribution >= 4 is 16.1 Å². The lowest BCUT2D eigenvalue weighted by Gasteiger charge is -2.17. The molecule has 2 rings (SSSR count). The SMILES string of the molecule is COc1ccccc1OCCCN1CC(CS(=O)(=O)F)CC1=O. The second kappa shape index (κ2) is 7.63. The minimum Gasteiger partial charge on any atom is -0.493 e. The Hall–Kier alpha value is -1.83. The molecule has 0 N–H and O–H groups in total. The number of halogens is 1. The van der Waals surface area contributed by atoms with Crippen molar-refractivity contribution in [1.82, 2.24) is 4.90 Å². The first-order valence-corrected chi connectivity index (χ1v) is 8.90. The van der Waals surface area contributed by atoms with Gasteiger partial charge in [0.15, 0.2) is 11.5 Å². The highest BCUT2D eigenvalue weighted by Gasteiger charge is 2.32. The molecule has 1 aromatic rings. The molecule has 0 saturated carbocycles. The van der Waals surface area contributed by atoms with Crippen molar-refractivity contribution in [3.8, 4) is 11.5 Å². The Kier molecular flexibility index (Phi) is 5.81. The van der Waals surface area contributed by atoms with Crippen LogP contribution in [-0.2, 0) is 15.0 Å². The summed E-state index contributed by atoms with van der Waals surface area (Å²) in [5.74, 6) is 0.0677. The summed E-state index contributed by atoms with van der Waals surface area (Å²) < 4.78 is 44.8. The Morgan fingerprint density at radius 1 is 1.30 bits per heavy atom. The van der Waals surface area contributed by atoms with Crippen molar-refractivity contribution in [3.63, 3.8) is 0 Å². The van der Waals surface area contributed by atoms with Gasteiger partial charge < -0.3 is 14.4 Å². The van der Waals surface area contributed by atoms with Crippen LogP contribution in [0.2, 0.25) is 0 Å². The maximum atomic E-state index is 12.7. The average Bonchev–Trinajstić information content (AvgIpc) is 2.81. The van der Waals surface area contributed by atoms with E-state index in [1.165, 1.54) is 0 Å². The molecule has 23 heavy (non-hydrogen) atoms. The summed E-state index contributed by atoms with van der Waals surface area (Å²) in [7, 11) is -2.98. The second-order valence-electron chi connectivity index (χ2n) is 5.47. The van der Waals surface area contributed by atoms with Crippen LogP contribution in [0.25, 0.3) is 0 Å². The minimum absolute atomic E-state index is 0.0799. The van der Waals surface area contributed by atoms with Crippen LogP contribution in [0.4, 0.5) is 3.89 Å². The van der Waals surface area contributed by atoms with Crippen molar-refractivity contribution in [2.45, 2.75) is 12.8 Å². The molecule has 1 aliphatic heterocycles. The molecule has 1 unspecified atom stereocenters. The molecule has 1 saturated heterocycles. The number of nitrogens with zero attached hydrogens (tertiary/aromatic N) is 1. The summed E-state index contributed by atoms with van der Waals surface area (Å²) in [5.41, 5.74) is 0. The van der Waals surface area contributed by atoms with E-state index < -0.39 is 21.9 Å². The van der Waals surface area contributed by atoms with Crippen LogP contribution in [0.1, 0.15) is 12.8 Å². The fraction of sp³-hybridized carbons (Fsp3) is 0.533. The number of methoxy groups -OCH3 is 1. The molecule has 128 valence electrons.